The van der Waals surface area contributed by atoms with Gasteiger partial charge in [-0.1, -0.05) is 18.2 Å². The van der Waals surface area contributed by atoms with Gasteiger partial charge in [-0.25, -0.2) is 0 Å². The summed E-state index contributed by atoms with van der Waals surface area (Å²) in [5.74, 6) is -1.04. The summed E-state index contributed by atoms with van der Waals surface area (Å²) in [4.78, 5) is 22.6. The lowest BCUT2D eigenvalue weighted by Crippen LogP contribution is -2.28. The quantitative estimate of drug-likeness (QED) is 0.605. The van der Waals surface area contributed by atoms with Crippen LogP contribution in [0, 0.1) is 20.8 Å². The fraction of sp³-hybridized carbons (Fsp3) is 0.200. The second kappa shape index (κ2) is 7.59. The highest BCUT2D eigenvalue weighted by Gasteiger charge is 2.04. The van der Waals surface area contributed by atoms with Gasteiger partial charge in [-0.15, -0.1) is 0 Å². The van der Waals surface area contributed by atoms with E-state index in [2.05, 4.69) is 19.1 Å². The Morgan fingerprint density at radius 3 is 2.25 bits per heavy atom. The van der Waals surface area contributed by atoms with E-state index in [1.807, 2.05) is 19.9 Å². The van der Waals surface area contributed by atoms with Crippen molar-refractivity contribution in [1.29, 1.82) is 0 Å². The molecule has 0 bridgehead atoms. The summed E-state index contributed by atoms with van der Waals surface area (Å²) in [7, 11) is 0. The molecule has 0 atom stereocenters. The Labute approximate surface area is 141 Å². The third-order valence-electron chi connectivity index (χ3n) is 3.79. The zero-order valence-corrected chi connectivity index (χ0v) is 14.0. The van der Waals surface area contributed by atoms with Crippen LogP contribution in [0.3, 0.4) is 0 Å². The molecule has 0 amide bonds. The first-order valence-corrected chi connectivity index (χ1v) is 7.60. The molecule has 0 aliphatic rings. The first-order chi connectivity index (χ1) is 11.4. The van der Waals surface area contributed by atoms with E-state index in [1.165, 1.54) is 17.2 Å². The summed E-state index contributed by atoms with van der Waals surface area (Å²) in [5, 5.41) is 10.3. The number of allylic oxidation sites excluding steroid dienone is 1. The maximum Gasteiger partial charge on any atom is 0.185 e. The van der Waals surface area contributed by atoms with Crippen LogP contribution in [0.2, 0.25) is 0 Å². The SMILES string of the molecule is Cc1cc(C)c(/C=C/C(=O)c2ccc(OCC(=O)[O-])cc2)cc1C. The standard InChI is InChI=1S/C20H20O4/c1-13-10-15(3)17(11-14(13)2)6-9-19(21)16-4-7-18(8-5-16)24-12-20(22)23/h4-11H,12H2,1-3H3,(H,22,23)/p-1/b9-6+. The number of carboxylic acid groups (broad SMARTS) is 1. The van der Waals surface area contributed by atoms with E-state index in [1.54, 1.807) is 24.3 Å². The van der Waals surface area contributed by atoms with E-state index in [9.17, 15) is 14.7 Å². The van der Waals surface area contributed by atoms with E-state index in [0.29, 0.717) is 11.3 Å². The number of hydrogen-bond donors (Lipinski definition) is 0. The van der Waals surface area contributed by atoms with Crippen molar-refractivity contribution >= 4 is 17.8 Å². The van der Waals surface area contributed by atoms with Crippen LogP contribution in [0.1, 0.15) is 32.6 Å². The van der Waals surface area contributed by atoms with Gasteiger partial charge in [-0.3, -0.25) is 4.79 Å². The van der Waals surface area contributed by atoms with Crippen LogP contribution in [0.25, 0.3) is 6.08 Å². The zero-order chi connectivity index (χ0) is 17.7. The summed E-state index contributed by atoms with van der Waals surface area (Å²) >= 11 is 0. The smallest absolute Gasteiger partial charge is 0.185 e. The molecule has 2 aromatic carbocycles. The Kier molecular flexibility index (Phi) is 5.53. The molecule has 0 unspecified atom stereocenters. The average molecular weight is 323 g/mol. The number of ether oxygens (including phenoxy) is 1. The highest BCUT2D eigenvalue weighted by molar-refractivity contribution is 6.06. The molecule has 0 aliphatic carbocycles. The Hall–Kier alpha value is -2.88. The van der Waals surface area contributed by atoms with Crippen LogP contribution in [0.4, 0.5) is 0 Å². The van der Waals surface area contributed by atoms with Crippen LogP contribution < -0.4 is 9.84 Å². The molecule has 0 fully saturated rings. The van der Waals surface area contributed by atoms with Crippen molar-refractivity contribution in [3.63, 3.8) is 0 Å². The van der Waals surface area contributed by atoms with Gasteiger partial charge in [0.25, 0.3) is 0 Å². The van der Waals surface area contributed by atoms with Crippen molar-refractivity contribution < 1.29 is 19.4 Å². The van der Waals surface area contributed by atoms with Gasteiger partial charge in [0.15, 0.2) is 5.78 Å². The highest BCUT2D eigenvalue weighted by atomic mass is 16.5. The summed E-state index contributed by atoms with van der Waals surface area (Å²) < 4.78 is 4.98. The largest absolute Gasteiger partial charge is 0.546 e. The number of aliphatic carboxylic acids is 1. The van der Waals surface area contributed by atoms with Crippen molar-refractivity contribution in [3.05, 3.63) is 70.3 Å². The second-order valence-electron chi connectivity index (χ2n) is 5.68. The molecule has 0 N–H and O–H groups in total. The van der Waals surface area contributed by atoms with E-state index in [4.69, 9.17) is 4.74 Å². The topological polar surface area (TPSA) is 66.4 Å². The Morgan fingerprint density at radius 2 is 1.62 bits per heavy atom. The van der Waals surface area contributed by atoms with Gasteiger partial charge < -0.3 is 14.6 Å². The molecule has 0 aliphatic heterocycles. The van der Waals surface area contributed by atoms with Crippen LogP contribution in [0.5, 0.6) is 5.75 Å². The molecular formula is C20H19O4-. The van der Waals surface area contributed by atoms with Gasteiger partial charge in [-0.05, 0) is 73.4 Å². The van der Waals surface area contributed by atoms with Crippen molar-refractivity contribution in [2.24, 2.45) is 0 Å². The number of aryl methyl sites for hydroxylation is 3. The number of benzene rings is 2. The van der Waals surface area contributed by atoms with Gasteiger partial charge >= 0.3 is 0 Å². The number of carboxylic acids is 1. The zero-order valence-electron chi connectivity index (χ0n) is 14.0. The molecule has 4 nitrogen and oxygen atoms in total. The van der Waals surface area contributed by atoms with Crippen molar-refractivity contribution in [2.75, 3.05) is 6.61 Å². The van der Waals surface area contributed by atoms with E-state index in [0.717, 1.165) is 11.1 Å². The minimum atomic E-state index is -1.29. The Balaban J connectivity index is 2.09. The molecule has 24 heavy (non-hydrogen) atoms. The molecule has 2 aromatic rings. The predicted molar refractivity (Wildman–Crippen MR) is 91.0 cm³/mol. The lowest BCUT2D eigenvalue weighted by atomic mass is 10.00. The maximum atomic E-state index is 12.2. The Bertz CT molecular complexity index is 786. The summed E-state index contributed by atoms with van der Waals surface area (Å²) in [6.45, 7) is 5.60. The molecule has 0 saturated carbocycles. The molecule has 0 heterocycles. The highest BCUT2D eigenvalue weighted by Crippen LogP contribution is 2.18. The molecular weight excluding hydrogens is 304 g/mol. The summed E-state index contributed by atoms with van der Waals surface area (Å²) in [6, 6.07) is 10.5. The fourth-order valence-electron chi connectivity index (χ4n) is 2.28. The lowest BCUT2D eigenvalue weighted by molar-refractivity contribution is -0.307. The molecule has 0 aromatic heterocycles. The van der Waals surface area contributed by atoms with Gasteiger partial charge in [0.05, 0.1) is 5.97 Å². The number of ketones is 1. The molecule has 0 spiro atoms. The van der Waals surface area contributed by atoms with E-state index >= 15 is 0 Å². The van der Waals surface area contributed by atoms with Crippen molar-refractivity contribution in [1.82, 2.24) is 0 Å². The second-order valence-corrected chi connectivity index (χ2v) is 5.68. The number of carbonyl (C=O) groups is 2. The Morgan fingerprint density at radius 1 is 1.00 bits per heavy atom. The minimum Gasteiger partial charge on any atom is -0.546 e. The minimum absolute atomic E-state index is 0.126. The van der Waals surface area contributed by atoms with Gasteiger partial charge in [0.2, 0.25) is 0 Å². The number of carbonyl (C=O) groups excluding carboxylic acids is 2. The molecule has 4 heteroatoms. The number of hydrogen-bond acceptors (Lipinski definition) is 4. The fourth-order valence-corrected chi connectivity index (χ4v) is 2.28. The molecule has 124 valence electrons. The van der Waals surface area contributed by atoms with Gasteiger partial charge in [0, 0.05) is 5.56 Å². The molecule has 0 saturated heterocycles. The van der Waals surface area contributed by atoms with Crippen LogP contribution in [-0.4, -0.2) is 18.4 Å². The first-order valence-electron chi connectivity index (χ1n) is 7.60. The van der Waals surface area contributed by atoms with Crippen LogP contribution in [0.15, 0.2) is 42.5 Å². The lowest BCUT2D eigenvalue weighted by Gasteiger charge is -2.07. The van der Waals surface area contributed by atoms with Crippen LogP contribution in [-0.2, 0) is 4.79 Å². The molecule has 0 radical (unpaired) electrons. The normalized spacial score (nSPS) is 10.8. The average Bonchev–Trinajstić information content (AvgIpc) is 2.55. The molecule has 2 rings (SSSR count). The third-order valence-corrected chi connectivity index (χ3v) is 3.79. The van der Waals surface area contributed by atoms with Crippen LogP contribution >= 0.6 is 0 Å². The third kappa shape index (κ3) is 4.56. The van der Waals surface area contributed by atoms with Gasteiger partial charge in [-0.2, -0.15) is 0 Å². The van der Waals surface area contributed by atoms with E-state index in [-0.39, 0.29) is 5.78 Å². The summed E-state index contributed by atoms with van der Waals surface area (Å²) in [5.41, 5.74) is 5.05. The first kappa shape index (κ1) is 17.5. The van der Waals surface area contributed by atoms with Gasteiger partial charge in [0.1, 0.15) is 12.4 Å². The maximum absolute atomic E-state index is 12.2. The summed E-state index contributed by atoms with van der Waals surface area (Å²) in [6.07, 6.45) is 3.35. The van der Waals surface area contributed by atoms with Crippen molar-refractivity contribution in [3.8, 4) is 5.75 Å². The monoisotopic (exact) mass is 323 g/mol. The number of rotatable bonds is 6. The van der Waals surface area contributed by atoms with E-state index < -0.39 is 12.6 Å². The van der Waals surface area contributed by atoms with Crippen molar-refractivity contribution in [2.45, 2.75) is 20.8 Å². The predicted octanol–water partition coefficient (Wildman–Crippen LogP) is 2.64.